The normalized spacial score (nSPS) is 22.1. The Bertz CT molecular complexity index is 873. The van der Waals surface area contributed by atoms with Crippen molar-refractivity contribution in [3.8, 4) is 0 Å². The predicted octanol–water partition coefficient (Wildman–Crippen LogP) is 5.49. The highest BCUT2D eigenvalue weighted by atomic mass is 16.2. The summed E-state index contributed by atoms with van der Waals surface area (Å²) >= 11 is 0. The van der Waals surface area contributed by atoms with Gasteiger partial charge in [-0.25, -0.2) is 0 Å². The van der Waals surface area contributed by atoms with Crippen molar-refractivity contribution in [2.75, 3.05) is 9.80 Å². The van der Waals surface area contributed by atoms with Gasteiger partial charge in [0.2, 0.25) is 11.8 Å². The van der Waals surface area contributed by atoms with Crippen LogP contribution in [0.25, 0.3) is 0 Å². The Morgan fingerprint density at radius 3 is 2.28 bits per heavy atom. The summed E-state index contributed by atoms with van der Waals surface area (Å²) in [6.45, 7) is 3.74. The molecule has 0 saturated heterocycles. The van der Waals surface area contributed by atoms with Gasteiger partial charge < -0.3 is 9.80 Å². The first-order valence-corrected chi connectivity index (χ1v) is 10.8. The Morgan fingerprint density at radius 2 is 1.59 bits per heavy atom. The molecule has 4 rings (SSSR count). The van der Waals surface area contributed by atoms with E-state index >= 15 is 0 Å². The third kappa shape index (κ3) is 3.81. The highest BCUT2D eigenvalue weighted by molar-refractivity contribution is 5.98. The molecule has 2 aliphatic rings. The Labute approximate surface area is 173 Å². The van der Waals surface area contributed by atoms with Crippen molar-refractivity contribution in [3.63, 3.8) is 0 Å². The lowest BCUT2D eigenvalue weighted by Gasteiger charge is -2.44. The summed E-state index contributed by atoms with van der Waals surface area (Å²) in [7, 11) is 0. The van der Waals surface area contributed by atoms with E-state index in [0.29, 0.717) is 0 Å². The van der Waals surface area contributed by atoms with Crippen molar-refractivity contribution in [1.82, 2.24) is 0 Å². The largest absolute Gasteiger partial charge is 0.309 e. The van der Waals surface area contributed by atoms with Gasteiger partial charge in [0.05, 0.1) is 6.04 Å². The van der Waals surface area contributed by atoms with Gasteiger partial charge in [-0.05, 0) is 49.9 Å². The molecule has 0 aromatic heterocycles. The predicted molar refractivity (Wildman–Crippen MR) is 117 cm³/mol. The van der Waals surface area contributed by atoms with E-state index in [9.17, 15) is 9.59 Å². The third-order valence-corrected chi connectivity index (χ3v) is 6.44. The van der Waals surface area contributed by atoms with Crippen molar-refractivity contribution in [3.05, 3.63) is 60.2 Å². The molecular formula is C25H30N2O2. The fourth-order valence-electron chi connectivity index (χ4n) is 5.08. The average Bonchev–Trinajstić information content (AvgIpc) is 2.75. The van der Waals surface area contributed by atoms with Crippen LogP contribution in [0.1, 0.15) is 64.0 Å². The molecule has 0 bridgehead atoms. The van der Waals surface area contributed by atoms with E-state index in [4.69, 9.17) is 0 Å². The number of anilines is 2. The zero-order valence-corrected chi connectivity index (χ0v) is 17.4. The van der Waals surface area contributed by atoms with Crippen LogP contribution in [0.3, 0.4) is 0 Å². The van der Waals surface area contributed by atoms with E-state index in [1.807, 2.05) is 58.3 Å². The molecule has 2 atom stereocenters. The summed E-state index contributed by atoms with van der Waals surface area (Å²) < 4.78 is 0. The molecule has 1 aliphatic carbocycles. The van der Waals surface area contributed by atoms with E-state index in [1.54, 1.807) is 6.92 Å². The Hall–Kier alpha value is -2.62. The molecule has 0 N–H and O–H groups in total. The van der Waals surface area contributed by atoms with Gasteiger partial charge in [0.1, 0.15) is 0 Å². The number of fused-ring (bicyclic) bond motifs is 1. The molecular weight excluding hydrogens is 360 g/mol. The lowest BCUT2D eigenvalue weighted by atomic mass is 9.85. The van der Waals surface area contributed by atoms with Crippen LogP contribution in [0.2, 0.25) is 0 Å². The van der Waals surface area contributed by atoms with E-state index in [2.05, 4.69) is 13.0 Å². The molecule has 1 aliphatic heterocycles. The zero-order valence-electron chi connectivity index (χ0n) is 17.4. The maximum absolute atomic E-state index is 13.5. The second-order valence-corrected chi connectivity index (χ2v) is 8.43. The molecule has 152 valence electrons. The first-order chi connectivity index (χ1) is 14.1. The first-order valence-electron chi connectivity index (χ1n) is 10.8. The molecule has 0 spiro atoms. The van der Waals surface area contributed by atoms with E-state index < -0.39 is 0 Å². The highest BCUT2D eigenvalue weighted by Gasteiger charge is 2.39. The highest BCUT2D eigenvalue weighted by Crippen LogP contribution is 2.43. The second kappa shape index (κ2) is 8.40. The summed E-state index contributed by atoms with van der Waals surface area (Å²) in [6.07, 6.45) is 6.27. The molecule has 4 heteroatoms. The summed E-state index contributed by atoms with van der Waals surface area (Å²) in [4.78, 5) is 30.0. The molecule has 2 amide bonds. The van der Waals surface area contributed by atoms with Crippen molar-refractivity contribution in [2.45, 2.75) is 64.5 Å². The minimum absolute atomic E-state index is 0.0234. The fourth-order valence-corrected chi connectivity index (χ4v) is 5.08. The molecule has 4 nitrogen and oxygen atoms in total. The minimum Gasteiger partial charge on any atom is -0.309 e. The number of benzene rings is 2. The van der Waals surface area contributed by atoms with Gasteiger partial charge in [0.25, 0.3) is 0 Å². The smallest absolute Gasteiger partial charge is 0.230 e. The van der Waals surface area contributed by atoms with Gasteiger partial charge in [0.15, 0.2) is 0 Å². The van der Waals surface area contributed by atoms with Crippen LogP contribution >= 0.6 is 0 Å². The van der Waals surface area contributed by atoms with Gasteiger partial charge >= 0.3 is 0 Å². The summed E-state index contributed by atoms with van der Waals surface area (Å²) in [5.74, 6) is 0.418. The van der Waals surface area contributed by atoms with E-state index in [-0.39, 0.29) is 29.8 Å². The molecule has 2 aromatic rings. The van der Waals surface area contributed by atoms with Crippen LogP contribution in [0.15, 0.2) is 54.6 Å². The first kappa shape index (κ1) is 19.7. The minimum atomic E-state index is -0.0727. The molecule has 29 heavy (non-hydrogen) atoms. The van der Waals surface area contributed by atoms with Crippen LogP contribution < -0.4 is 9.80 Å². The summed E-state index contributed by atoms with van der Waals surface area (Å²) in [5, 5.41) is 0. The monoisotopic (exact) mass is 390 g/mol. The fraction of sp³-hybridized carbons (Fsp3) is 0.440. The number of amides is 2. The molecule has 0 radical (unpaired) electrons. The standard InChI is InChI=1S/C25H30N2O2/c1-18-17-24(27(19(2)28)21-13-7-4-8-14-21)22-15-9-10-16-23(22)26(18)25(29)20-11-5-3-6-12-20/h4,7-10,13-16,18,20,24H,3,5-6,11-12,17H2,1-2H3/t18?,24-/m0/s1. The SMILES string of the molecule is CC(=O)N(c1ccccc1)[C@H]1CC(C)N(C(=O)C2CCCCC2)c2ccccc21. The van der Waals surface area contributed by atoms with Gasteiger partial charge in [-0.2, -0.15) is 0 Å². The van der Waals surface area contributed by atoms with E-state index in [0.717, 1.165) is 49.0 Å². The summed E-state index contributed by atoms with van der Waals surface area (Å²) in [5.41, 5.74) is 2.93. The van der Waals surface area contributed by atoms with Gasteiger partial charge in [-0.3, -0.25) is 9.59 Å². The lowest BCUT2D eigenvalue weighted by Crippen LogP contribution is -2.49. The number of carbonyl (C=O) groups excluding carboxylic acids is 2. The topological polar surface area (TPSA) is 40.6 Å². The maximum Gasteiger partial charge on any atom is 0.230 e. The second-order valence-electron chi connectivity index (χ2n) is 8.43. The van der Waals surface area contributed by atoms with Crippen molar-refractivity contribution in [1.29, 1.82) is 0 Å². The van der Waals surface area contributed by atoms with Gasteiger partial charge in [-0.15, -0.1) is 0 Å². The number of hydrogen-bond donors (Lipinski definition) is 0. The average molecular weight is 391 g/mol. The Balaban J connectivity index is 1.72. The maximum atomic E-state index is 13.5. The van der Waals surface area contributed by atoms with Gasteiger partial charge in [-0.1, -0.05) is 55.7 Å². The molecule has 1 unspecified atom stereocenters. The van der Waals surface area contributed by atoms with Crippen molar-refractivity contribution >= 4 is 23.2 Å². The number of para-hydroxylation sites is 2. The zero-order chi connectivity index (χ0) is 20.4. The van der Waals surface area contributed by atoms with Crippen LogP contribution in [0, 0.1) is 5.92 Å². The molecule has 2 aromatic carbocycles. The van der Waals surface area contributed by atoms with Gasteiger partial charge in [0, 0.05) is 30.3 Å². The van der Waals surface area contributed by atoms with Crippen LogP contribution in [-0.2, 0) is 9.59 Å². The van der Waals surface area contributed by atoms with E-state index in [1.165, 1.54) is 6.42 Å². The third-order valence-electron chi connectivity index (χ3n) is 6.44. The number of rotatable bonds is 3. The number of hydrogen-bond acceptors (Lipinski definition) is 2. The van der Waals surface area contributed by atoms with Crippen molar-refractivity contribution < 1.29 is 9.59 Å². The Morgan fingerprint density at radius 1 is 0.931 bits per heavy atom. The molecule has 1 saturated carbocycles. The Kier molecular flexibility index (Phi) is 5.70. The number of carbonyl (C=O) groups is 2. The molecule has 1 fully saturated rings. The lowest BCUT2D eigenvalue weighted by molar-refractivity contribution is -0.123. The number of nitrogens with zero attached hydrogens (tertiary/aromatic N) is 2. The van der Waals surface area contributed by atoms with Crippen LogP contribution in [-0.4, -0.2) is 17.9 Å². The van der Waals surface area contributed by atoms with Crippen molar-refractivity contribution in [2.24, 2.45) is 5.92 Å². The van der Waals surface area contributed by atoms with Crippen LogP contribution in [0.5, 0.6) is 0 Å². The molecule has 1 heterocycles. The van der Waals surface area contributed by atoms with Crippen LogP contribution in [0.4, 0.5) is 11.4 Å². The summed E-state index contributed by atoms with van der Waals surface area (Å²) in [6, 6.07) is 17.9. The quantitative estimate of drug-likeness (QED) is 0.696.